The highest BCUT2D eigenvalue weighted by molar-refractivity contribution is 6.30. The zero-order chi connectivity index (χ0) is 13.0. The van der Waals surface area contributed by atoms with Gasteiger partial charge in [-0.1, -0.05) is 25.4 Å². The standard InChI is InChI=1S/C13H17ClO3/c1-8(2)12-6-11(14)5-10(13(12)16-4)7-17-9(3)15/h5-6,8H,7H2,1-4H3. The predicted octanol–water partition coefficient (Wildman–Crippen LogP) is 3.54. The molecule has 0 saturated carbocycles. The number of carbonyl (C=O) groups is 1. The smallest absolute Gasteiger partial charge is 0.302 e. The van der Waals surface area contributed by atoms with Gasteiger partial charge in [0, 0.05) is 17.5 Å². The van der Waals surface area contributed by atoms with E-state index in [0.29, 0.717) is 10.9 Å². The Bertz CT molecular complexity index is 413. The van der Waals surface area contributed by atoms with Crippen LogP contribution in [0.4, 0.5) is 0 Å². The highest BCUT2D eigenvalue weighted by Gasteiger charge is 2.14. The van der Waals surface area contributed by atoms with Crippen molar-refractivity contribution in [2.75, 3.05) is 7.11 Å². The van der Waals surface area contributed by atoms with Crippen molar-refractivity contribution in [2.24, 2.45) is 0 Å². The van der Waals surface area contributed by atoms with Crippen LogP contribution in [0.1, 0.15) is 37.8 Å². The van der Waals surface area contributed by atoms with Gasteiger partial charge in [-0.2, -0.15) is 0 Å². The SMILES string of the molecule is COc1c(COC(C)=O)cc(Cl)cc1C(C)C. The van der Waals surface area contributed by atoms with Gasteiger partial charge in [0.25, 0.3) is 0 Å². The minimum absolute atomic E-state index is 0.179. The zero-order valence-electron chi connectivity index (χ0n) is 10.5. The second kappa shape index (κ2) is 5.92. The van der Waals surface area contributed by atoms with E-state index in [1.807, 2.05) is 6.07 Å². The largest absolute Gasteiger partial charge is 0.496 e. The molecule has 1 rings (SSSR count). The van der Waals surface area contributed by atoms with Gasteiger partial charge >= 0.3 is 5.97 Å². The molecule has 0 aliphatic carbocycles. The topological polar surface area (TPSA) is 35.5 Å². The summed E-state index contributed by atoms with van der Waals surface area (Å²) in [5.41, 5.74) is 1.81. The Morgan fingerprint density at radius 3 is 2.53 bits per heavy atom. The lowest BCUT2D eigenvalue weighted by atomic mass is 9.99. The summed E-state index contributed by atoms with van der Waals surface area (Å²) in [6.07, 6.45) is 0. The van der Waals surface area contributed by atoms with Gasteiger partial charge < -0.3 is 9.47 Å². The lowest BCUT2D eigenvalue weighted by Gasteiger charge is -2.16. The molecule has 0 fully saturated rings. The van der Waals surface area contributed by atoms with E-state index in [1.165, 1.54) is 6.92 Å². The molecule has 0 aliphatic rings. The van der Waals surface area contributed by atoms with Crippen LogP contribution in [0.2, 0.25) is 5.02 Å². The first-order valence-corrected chi connectivity index (χ1v) is 5.83. The molecule has 1 aromatic rings. The second-order valence-electron chi connectivity index (χ2n) is 4.12. The van der Waals surface area contributed by atoms with Crippen molar-refractivity contribution in [3.8, 4) is 5.75 Å². The van der Waals surface area contributed by atoms with Gasteiger partial charge in [0.15, 0.2) is 0 Å². The molecular weight excluding hydrogens is 240 g/mol. The first kappa shape index (κ1) is 13.8. The summed E-state index contributed by atoms with van der Waals surface area (Å²) < 4.78 is 10.4. The number of rotatable bonds is 4. The number of benzene rings is 1. The van der Waals surface area contributed by atoms with Crippen LogP contribution in [0, 0.1) is 0 Å². The number of hydrogen-bond donors (Lipinski definition) is 0. The summed E-state index contributed by atoms with van der Waals surface area (Å²) in [4.78, 5) is 10.8. The van der Waals surface area contributed by atoms with E-state index in [4.69, 9.17) is 21.1 Å². The summed E-state index contributed by atoms with van der Waals surface area (Å²) in [5.74, 6) is 0.712. The summed E-state index contributed by atoms with van der Waals surface area (Å²) in [6.45, 7) is 5.67. The molecule has 4 heteroatoms. The minimum atomic E-state index is -0.321. The van der Waals surface area contributed by atoms with Gasteiger partial charge in [0.2, 0.25) is 0 Å². The van der Waals surface area contributed by atoms with Crippen molar-refractivity contribution >= 4 is 17.6 Å². The molecule has 0 bridgehead atoms. The fraction of sp³-hybridized carbons (Fsp3) is 0.462. The molecule has 0 radical (unpaired) electrons. The molecule has 0 unspecified atom stereocenters. The summed E-state index contributed by atoms with van der Waals surface area (Å²) in [6, 6.07) is 3.64. The van der Waals surface area contributed by atoms with Gasteiger partial charge in [-0.25, -0.2) is 0 Å². The molecule has 94 valence electrons. The fourth-order valence-corrected chi connectivity index (χ4v) is 1.89. The second-order valence-corrected chi connectivity index (χ2v) is 4.56. The van der Waals surface area contributed by atoms with Crippen molar-refractivity contribution in [3.05, 3.63) is 28.3 Å². The molecule has 0 saturated heterocycles. The average molecular weight is 257 g/mol. The Morgan fingerprint density at radius 1 is 1.41 bits per heavy atom. The van der Waals surface area contributed by atoms with Crippen LogP contribution in [-0.4, -0.2) is 13.1 Å². The van der Waals surface area contributed by atoms with Crippen molar-refractivity contribution < 1.29 is 14.3 Å². The third kappa shape index (κ3) is 3.63. The molecule has 0 N–H and O–H groups in total. The summed E-state index contributed by atoms with van der Waals surface area (Å²) in [5, 5.41) is 0.622. The Morgan fingerprint density at radius 2 is 2.06 bits per heavy atom. The maximum absolute atomic E-state index is 10.8. The highest BCUT2D eigenvalue weighted by Crippen LogP contribution is 2.33. The first-order chi connectivity index (χ1) is 7.95. The van der Waals surface area contributed by atoms with Crippen molar-refractivity contribution in [1.29, 1.82) is 0 Å². The normalized spacial score (nSPS) is 10.5. The quantitative estimate of drug-likeness (QED) is 0.773. The molecule has 3 nitrogen and oxygen atoms in total. The van der Waals surface area contributed by atoms with Gasteiger partial charge in [-0.15, -0.1) is 0 Å². The Kier molecular flexibility index (Phi) is 4.82. The number of methoxy groups -OCH3 is 1. The number of ether oxygens (including phenoxy) is 2. The number of hydrogen-bond acceptors (Lipinski definition) is 3. The molecule has 0 atom stereocenters. The maximum atomic E-state index is 10.8. The van der Waals surface area contributed by atoms with E-state index in [-0.39, 0.29) is 12.6 Å². The van der Waals surface area contributed by atoms with Crippen LogP contribution in [0.5, 0.6) is 5.75 Å². The molecule has 0 spiro atoms. The van der Waals surface area contributed by atoms with Gasteiger partial charge in [0.05, 0.1) is 7.11 Å². The molecule has 0 aliphatic heterocycles. The first-order valence-electron chi connectivity index (χ1n) is 5.45. The lowest BCUT2D eigenvalue weighted by molar-refractivity contribution is -0.142. The molecule has 1 aromatic carbocycles. The van der Waals surface area contributed by atoms with Crippen molar-refractivity contribution in [3.63, 3.8) is 0 Å². The van der Waals surface area contributed by atoms with Crippen LogP contribution < -0.4 is 4.74 Å². The molecule has 0 amide bonds. The monoisotopic (exact) mass is 256 g/mol. The zero-order valence-corrected chi connectivity index (χ0v) is 11.3. The highest BCUT2D eigenvalue weighted by atomic mass is 35.5. The maximum Gasteiger partial charge on any atom is 0.302 e. The van der Waals surface area contributed by atoms with Crippen LogP contribution in [0.3, 0.4) is 0 Å². The van der Waals surface area contributed by atoms with Crippen LogP contribution in [0.25, 0.3) is 0 Å². The number of carbonyl (C=O) groups excluding carboxylic acids is 1. The minimum Gasteiger partial charge on any atom is -0.496 e. The average Bonchev–Trinajstić information content (AvgIpc) is 2.25. The van der Waals surface area contributed by atoms with E-state index in [2.05, 4.69) is 13.8 Å². The third-order valence-corrected chi connectivity index (χ3v) is 2.63. The molecular formula is C13H17ClO3. The third-order valence-electron chi connectivity index (χ3n) is 2.42. The van der Waals surface area contributed by atoms with E-state index >= 15 is 0 Å². The van der Waals surface area contributed by atoms with Gasteiger partial charge in [-0.05, 0) is 23.6 Å². The van der Waals surface area contributed by atoms with E-state index in [0.717, 1.165) is 16.9 Å². The van der Waals surface area contributed by atoms with Crippen LogP contribution in [-0.2, 0) is 16.1 Å². The van der Waals surface area contributed by atoms with E-state index in [9.17, 15) is 4.79 Å². The Hall–Kier alpha value is -1.22. The van der Waals surface area contributed by atoms with Gasteiger partial charge in [-0.3, -0.25) is 4.79 Å². The molecule has 0 aromatic heterocycles. The fourth-order valence-electron chi connectivity index (χ4n) is 1.64. The van der Waals surface area contributed by atoms with E-state index < -0.39 is 0 Å². The number of halogens is 1. The number of esters is 1. The predicted molar refractivity (Wildman–Crippen MR) is 67.6 cm³/mol. The van der Waals surface area contributed by atoms with Crippen LogP contribution >= 0.6 is 11.6 Å². The summed E-state index contributed by atoms with van der Waals surface area (Å²) >= 11 is 6.04. The molecule has 0 heterocycles. The van der Waals surface area contributed by atoms with Crippen LogP contribution in [0.15, 0.2) is 12.1 Å². The van der Waals surface area contributed by atoms with Crippen molar-refractivity contribution in [1.82, 2.24) is 0 Å². The molecule has 17 heavy (non-hydrogen) atoms. The lowest BCUT2D eigenvalue weighted by Crippen LogP contribution is -2.04. The van der Waals surface area contributed by atoms with Crippen molar-refractivity contribution in [2.45, 2.75) is 33.3 Å². The Labute approximate surface area is 107 Å². The Balaban J connectivity index is 3.13. The van der Waals surface area contributed by atoms with E-state index in [1.54, 1.807) is 13.2 Å². The van der Waals surface area contributed by atoms with Gasteiger partial charge in [0.1, 0.15) is 12.4 Å². The summed E-state index contributed by atoms with van der Waals surface area (Å²) in [7, 11) is 1.60.